The second-order valence-corrected chi connectivity index (χ2v) is 4.68. The smallest absolute Gasteiger partial charge is 0.374 e. The van der Waals surface area contributed by atoms with Crippen LogP contribution in [0.2, 0.25) is 0 Å². The first-order valence-corrected chi connectivity index (χ1v) is 6.20. The molecule has 104 valence electrons. The molecule has 0 atom stereocenters. The van der Waals surface area contributed by atoms with Gasteiger partial charge in [-0.2, -0.15) is 0 Å². The van der Waals surface area contributed by atoms with Crippen LogP contribution in [-0.2, 0) is 12.8 Å². The van der Waals surface area contributed by atoms with Gasteiger partial charge in [-0.3, -0.25) is 0 Å². The highest BCUT2D eigenvalue weighted by Gasteiger charge is 2.27. The molecule has 0 saturated heterocycles. The molecule has 1 aliphatic rings. The number of aryl methyl sites for hydroxylation is 2. The van der Waals surface area contributed by atoms with Gasteiger partial charge in [-0.15, -0.1) is 0 Å². The molecular weight excluding hydrogens is 268 g/mol. The van der Waals surface area contributed by atoms with Gasteiger partial charge in [0.05, 0.1) is 0 Å². The van der Waals surface area contributed by atoms with Crippen LogP contribution in [0.4, 0.5) is 8.78 Å². The van der Waals surface area contributed by atoms with Crippen molar-refractivity contribution in [2.24, 2.45) is 0 Å². The lowest BCUT2D eigenvalue weighted by Gasteiger charge is -2.01. The summed E-state index contributed by atoms with van der Waals surface area (Å²) in [6, 6.07) is 5.45. The van der Waals surface area contributed by atoms with Crippen molar-refractivity contribution in [1.29, 1.82) is 0 Å². The molecule has 3 rings (SSSR count). The fourth-order valence-corrected chi connectivity index (χ4v) is 2.46. The third-order valence-electron chi connectivity index (χ3n) is 3.40. The fourth-order valence-electron chi connectivity index (χ4n) is 2.46. The van der Waals surface area contributed by atoms with E-state index in [0.29, 0.717) is 5.56 Å². The number of fused-ring (bicyclic) bond motifs is 1. The molecule has 1 N–H and O–H groups in total. The SMILES string of the molecule is O=C(O)c1oc(-c2ccc3c(c2)CCC3)nc1C(F)F. The Morgan fingerprint density at radius 3 is 2.70 bits per heavy atom. The Hall–Kier alpha value is -2.24. The predicted molar refractivity (Wildman–Crippen MR) is 65.9 cm³/mol. The maximum atomic E-state index is 12.8. The molecule has 6 heteroatoms. The van der Waals surface area contributed by atoms with Crippen LogP contribution in [0.1, 0.15) is 40.2 Å². The van der Waals surface area contributed by atoms with Crippen LogP contribution in [0.5, 0.6) is 0 Å². The van der Waals surface area contributed by atoms with E-state index in [1.807, 2.05) is 12.1 Å². The van der Waals surface area contributed by atoms with Crippen molar-refractivity contribution in [2.45, 2.75) is 25.7 Å². The first kappa shape index (κ1) is 12.8. The summed E-state index contributed by atoms with van der Waals surface area (Å²) in [5.74, 6) is -2.41. The highest BCUT2D eigenvalue weighted by molar-refractivity contribution is 5.86. The minimum Gasteiger partial charge on any atom is -0.475 e. The van der Waals surface area contributed by atoms with Crippen molar-refractivity contribution in [3.05, 3.63) is 40.8 Å². The van der Waals surface area contributed by atoms with E-state index < -0.39 is 23.8 Å². The van der Waals surface area contributed by atoms with Gasteiger partial charge in [0.1, 0.15) is 0 Å². The van der Waals surface area contributed by atoms with Gasteiger partial charge in [0.25, 0.3) is 6.43 Å². The van der Waals surface area contributed by atoms with Crippen LogP contribution in [0.3, 0.4) is 0 Å². The Morgan fingerprint density at radius 2 is 2.05 bits per heavy atom. The number of benzene rings is 1. The summed E-state index contributed by atoms with van der Waals surface area (Å²) in [6.07, 6.45) is 0.0156. The van der Waals surface area contributed by atoms with Crippen molar-refractivity contribution in [2.75, 3.05) is 0 Å². The number of rotatable bonds is 3. The molecule has 0 amide bonds. The minimum atomic E-state index is -2.98. The van der Waals surface area contributed by atoms with Gasteiger partial charge in [-0.05, 0) is 42.5 Å². The number of hydrogen-bond donors (Lipinski definition) is 1. The normalized spacial score (nSPS) is 13.8. The van der Waals surface area contributed by atoms with Gasteiger partial charge < -0.3 is 9.52 Å². The molecule has 1 aromatic heterocycles. The summed E-state index contributed by atoms with van der Waals surface area (Å²) in [5.41, 5.74) is 2.07. The largest absolute Gasteiger partial charge is 0.475 e. The second-order valence-electron chi connectivity index (χ2n) is 4.68. The van der Waals surface area contributed by atoms with E-state index in [9.17, 15) is 13.6 Å². The molecule has 0 spiro atoms. The highest BCUT2D eigenvalue weighted by atomic mass is 19.3. The monoisotopic (exact) mass is 279 g/mol. The molecule has 1 heterocycles. The molecule has 4 nitrogen and oxygen atoms in total. The van der Waals surface area contributed by atoms with Crippen LogP contribution in [0, 0.1) is 0 Å². The van der Waals surface area contributed by atoms with E-state index >= 15 is 0 Å². The first-order valence-electron chi connectivity index (χ1n) is 6.20. The third kappa shape index (κ3) is 2.07. The first-order chi connectivity index (χ1) is 9.56. The Labute approximate surface area is 113 Å². The molecule has 2 aromatic rings. The number of alkyl halides is 2. The molecule has 1 aromatic carbocycles. The zero-order valence-electron chi connectivity index (χ0n) is 10.4. The summed E-state index contributed by atoms with van der Waals surface area (Å²) < 4.78 is 30.5. The summed E-state index contributed by atoms with van der Waals surface area (Å²) >= 11 is 0. The predicted octanol–water partition coefficient (Wildman–Crippen LogP) is 3.47. The molecule has 0 bridgehead atoms. The van der Waals surface area contributed by atoms with Crippen molar-refractivity contribution < 1.29 is 23.1 Å². The summed E-state index contributed by atoms with van der Waals surface area (Å²) in [4.78, 5) is 14.5. The average Bonchev–Trinajstić information content (AvgIpc) is 3.04. The van der Waals surface area contributed by atoms with Gasteiger partial charge in [0.2, 0.25) is 11.7 Å². The number of carboxylic acids is 1. The molecule has 1 aliphatic carbocycles. The Morgan fingerprint density at radius 1 is 1.30 bits per heavy atom. The van der Waals surface area contributed by atoms with Crippen LogP contribution in [-0.4, -0.2) is 16.1 Å². The van der Waals surface area contributed by atoms with Crippen molar-refractivity contribution in [3.8, 4) is 11.5 Å². The maximum absolute atomic E-state index is 12.8. The molecular formula is C14H11F2NO3. The lowest BCUT2D eigenvalue weighted by Crippen LogP contribution is -1.99. The molecule has 0 radical (unpaired) electrons. The third-order valence-corrected chi connectivity index (χ3v) is 3.40. The number of oxazole rings is 1. The zero-order chi connectivity index (χ0) is 14.3. The van der Waals surface area contributed by atoms with E-state index in [0.717, 1.165) is 24.8 Å². The average molecular weight is 279 g/mol. The van der Waals surface area contributed by atoms with E-state index in [2.05, 4.69) is 4.98 Å². The molecule has 0 fully saturated rings. The number of carboxylic acid groups (broad SMARTS) is 1. The lowest BCUT2D eigenvalue weighted by atomic mass is 10.1. The van der Waals surface area contributed by atoms with Crippen molar-refractivity contribution >= 4 is 5.97 Å². The van der Waals surface area contributed by atoms with E-state index in [1.54, 1.807) is 6.07 Å². The summed E-state index contributed by atoms with van der Waals surface area (Å²) in [5, 5.41) is 8.86. The number of hydrogen-bond acceptors (Lipinski definition) is 3. The maximum Gasteiger partial charge on any atom is 0.374 e. The standard InChI is InChI=1S/C14H11F2NO3/c15-12(16)10-11(14(18)19)20-13(17-10)9-5-4-7-2-1-3-8(7)6-9/h4-6,12H,1-3H2,(H,18,19). The second kappa shape index (κ2) is 4.70. The highest BCUT2D eigenvalue weighted by Crippen LogP contribution is 2.31. The Bertz CT molecular complexity index is 679. The molecule has 0 saturated carbocycles. The van der Waals surface area contributed by atoms with Gasteiger partial charge in [0.15, 0.2) is 5.69 Å². The lowest BCUT2D eigenvalue weighted by molar-refractivity contribution is 0.0647. The summed E-state index contributed by atoms with van der Waals surface area (Å²) in [6.45, 7) is 0. The summed E-state index contributed by atoms with van der Waals surface area (Å²) in [7, 11) is 0. The van der Waals surface area contributed by atoms with Gasteiger partial charge >= 0.3 is 5.97 Å². The zero-order valence-corrected chi connectivity index (χ0v) is 10.4. The van der Waals surface area contributed by atoms with Gasteiger partial charge in [-0.25, -0.2) is 18.6 Å². The number of nitrogens with zero attached hydrogens (tertiary/aromatic N) is 1. The van der Waals surface area contributed by atoms with Crippen LogP contribution in [0.25, 0.3) is 11.5 Å². The molecule has 0 unspecified atom stereocenters. The Kier molecular flexibility index (Phi) is 3.00. The number of carbonyl (C=O) groups is 1. The van der Waals surface area contributed by atoms with E-state index in [4.69, 9.17) is 9.52 Å². The van der Waals surface area contributed by atoms with Crippen LogP contribution in [0.15, 0.2) is 22.6 Å². The van der Waals surface area contributed by atoms with Gasteiger partial charge in [-0.1, -0.05) is 6.07 Å². The fraction of sp³-hybridized carbons (Fsp3) is 0.286. The van der Waals surface area contributed by atoms with Crippen molar-refractivity contribution in [1.82, 2.24) is 4.98 Å². The van der Waals surface area contributed by atoms with Gasteiger partial charge in [0, 0.05) is 5.56 Å². The molecule has 0 aliphatic heterocycles. The minimum absolute atomic E-state index is 0.0765. The number of aromatic carboxylic acids is 1. The molecule has 20 heavy (non-hydrogen) atoms. The topological polar surface area (TPSA) is 63.3 Å². The van der Waals surface area contributed by atoms with E-state index in [1.165, 1.54) is 5.56 Å². The van der Waals surface area contributed by atoms with Crippen LogP contribution < -0.4 is 0 Å². The number of aromatic nitrogens is 1. The Balaban J connectivity index is 2.06. The van der Waals surface area contributed by atoms with Crippen LogP contribution >= 0.6 is 0 Å². The number of halogens is 2. The van der Waals surface area contributed by atoms with Crippen molar-refractivity contribution in [3.63, 3.8) is 0 Å². The van der Waals surface area contributed by atoms with E-state index in [-0.39, 0.29) is 5.89 Å². The quantitative estimate of drug-likeness (QED) is 0.934.